The van der Waals surface area contributed by atoms with E-state index in [4.69, 9.17) is 5.73 Å². The van der Waals surface area contributed by atoms with Gasteiger partial charge in [-0.3, -0.25) is 0 Å². The summed E-state index contributed by atoms with van der Waals surface area (Å²) in [6.07, 6.45) is 1.96. The van der Waals surface area contributed by atoms with Crippen molar-refractivity contribution in [1.29, 1.82) is 0 Å². The van der Waals surface area contributed by atoms with E-state index in [0.717, 1.165) is 16.9 Å². The zero-order valence-electron chi connectivity index (χ0n) is 12.1. The maximum atomic E-state index is 12.6. The van der Waals surface area contributed by atoms with Gasteiger partial charge in [0.05, 0.1) is 4.90 Å². The number of sulfonamides is 1. The van der Waals surface area contributed by atoms with Crippen molar-refractivity contribution in [3.63, 3.8) is 0 Å². The molecule has 0 fully saturated rings. The molecule has 0 aromatic heterocycles. The Hall–Kier alpha value is -0.720. The van der Waals surface area contributed by atoms with Crippen LogP contribution < -0.4 is 5.73 Å². The van der Waals surface area contributed by atoms with Gasteiger partial charge in [-0.15, -0.1) is 0 Å². The first-order valence-electron chi connectivity index (χ1n) is 6.05. The Balaban J connectivity index is 3.33. The van der Waals surface area contributed by atoms with E-state index >= 15 is 0 Å². The normalized spacial score (nSPS) is 12.1. The Morgan fingerprint density at radius 3 is 2.37 bits per heavy atom. The molecule has 0 unspecified atom stereocenters. The number of anilines is 1. The molecule has 0 spiro atoms. The van der Waals surface area contributed by atoms with Crippen molar-refractivity contribution in [3.8, 4) is 0 Å². The third-order valence-corrected chi connectivity index (χ3v) is 5.98. The van der Waals surface area contributed by atoms with Crippen LogP contribution in [0.5, 0.6) is 0 Å². The summed E-state index contributed by atoms with van der Waals surface area (Å²) >= 11 is 1.62. The van der Waals surface area contributed by atoms with Gasteiger partial charge in [-0.25, -0.2) is 12.7 Å². The lowest BCUT2D eigenvalue weighted by atomic mass is 10.1. The monoisotopic (exact) mass is 302 g/mol. The third-order valence-electron chi connectivity index (χ3n) is 3.24. The predicted octanol–water partition coefficient (Wildman–Crippen LogP) is 2.18. The van der Waals surface area contributed by atoms with Gasteiger partial charge in [0, 0.05) is 25.0 Å². The topological polar surface area (TPSA) is 63.4 Å². The van der Waals surface area contributed by atoms with Crippen LogP contribution in [0, 0.1) is 20.8 Å². The molecule has 0 heterocycles. The standard InChI is InChI=1S/C13H22N2O2S2/c1-9-8-10(2)13(11(3)12(9)14)19(16,17)15(4)6-7-18-5/h8H,6-7,14H2,1-5H3. The number of nitrogens with zero attached hydrogens (tertiary/aromatic N) is 1. The molecule has 108 valence electrons. The van der Waals surface area contributed by atoms with Crippen molar-refractivity contribution < 1.29 is 8.42 Å². The van der Waals surface area contributed by atoms with Crippen LogP contribution in [0.2, 0.25) is 0 Å². The van der Waals surface area contributed by atoms with Crippen LogP contribution in [-0.4, -0.2) is 38.3 Å². The van der Waals surface area contributed by atoms with E-state index in [0.29, 0.717) is 22.7 Å². The van der Waals surface area contributed by atoms with E-state index in [-0.39, 0.29) is 0 Å². The third kappa shape index (κ3) is 3.24. The van der Waals surface area contributed by atoms with E-state index in [2.05, 4.69) is 0 Å². The molecule has 0 atom stereocenters. The Bertz CT molecular complexity index is 568. The van der Waals surface area contributed by atoms with E-state index in [1.54, 1.807) is 25.7 Å². The highest BCUT2D eigenvalue weighted by atomic mass is 32.2. The molecule has 4 nitrogen and oxygen atoms in total. The number of benzene rings is 1. The first kappa shape index (κ1) is 16.3. The minimum absolute atomic E-state index is 0.346. The van der Waals surface area contributed by atoms with Gasteiger partial charge >= 0.3 is 0 Å². The second kappa shape index (κ2) is 6.15. The Morgan fingerprint density at radius 1 is 1.26 bits per heavy atom. The fourth-order valence-electron chi connectivity index (χ4n) is 2.07. The Morgan fingerprint density at radius 2 is 1.84 bits per heavy atom. The number of hydrogen-bond donors (Lipinski definition) is 1. The smallest absolute Gasteiger partial charge is 0.243 e. The number of hydrogen-bond acceptors (Lipinski definition) is 4. The molecule has 0 amide bonds. The lowest BCUT2D eigenvalue weighted by Gasteiger charge is -2.21. The van der Waals surface area contributed by atoms with Gasteiger partial charge in [0.2, 0.25) is 10.0 Å². The van der Waals surface area contributed by atoms with Crippen LogP contribution in [0.15, 0.2) is 11.0 Å². The van der Waals surface area contributed by atoms with Crippen molar-refractivity contribution in [2.75, 3.05) is 31.3 Å². The molecule has 0 aliphatic heterocycles. The summed E-state index contributed by atoms with van der Waals surface area (Å²) in [6, 6.07) is 1.83. The number of nitrogens with two attached hydrogens (primary N) is 1. The zero-order chi connectivity index (χ0) is 14.8. The van der Waals surface area contributed by atoms with Gasteiger partial charge in [0.15, 0.2) is 0 Å². The quantitative estimate of drug-likeness (QED) is 0.847. The molecular weight excluding hydrogens is 280 g/mol. The molecule has 1 aromatic carbocycles. The van der Waals surface area contributed by atoms with Crippen LogP contribution in [-0.2, 0) is 10.0 Å². The molecule has 6 heteroatoms. The zero-order valence-corrected chi connectivity index (χ0v) is 13.8. The average Bonchev–Trinajstić information content (AvgIpc) is 2.32. The highest BCUT2D eigenvalue weighted by molar-refractivity contribution is 7.98. The van der Waals surface area contributed by atoms with Crippen LogP contribution in [0.3, 0.4) is 0 Å². The maximum absolute atomic E-state index is 12.6. The molecular formula is C13H22N2O2S2. The summed E-state index contributed by atoms with van der Waals surface area (Å²) in [5.41, 5.74) is 8.83. The fraction of sp³-hybridized carbons (Fsp3) is 0.538. The molecule has 2 N–H and O–H groups in total. The van der Waals surface area contributed by atoms with E-state index in [1.807, 2.05) is 26.2 Å². The number of rotatable bonds is 5. The lowest BCUT2D eigenvalue weighted by Crippen LogP contribution is -2.30. The van der Waals surface area contributed by atoms with Crippen molar-refractivity contribution >= 4 is 27.5 Å². The second-order valence-electron chi connectivity index (χ2n) is 4.70. The summed E-state index contributed by atoms with van der Waals surface area (Å²) in [7, 11) is -1.86. The maximum Gasteiger partial charge on any atom is 0.243 e. The summed E-state index contributed by atoms with van der Waals surface area (Å²) < 4.78 is 26.6. The minimum Gasteiger partial charge on any atom is -0.398 e. The Labute approximate surface area is 120 Å². The molecule has 0 saturated heterocycles. The molecule has 0 bridgehead atoms. The molecule has 0 aliphatic carbocycles. The number of thioether (sulfide) groups is 1. The minimum atomic E-state index is -3.47. The van der Waals surface area contributed by atoms with Crippen molar-refractivity contribution in [2.45, 2.75) is 25.7 Å². The summed E-state index contributed by atoms with van der Waals surface area (Å²) in [5.74, 6) is 0.773. The van der Waals surface area contributed by atoms with Crippen molar-refractivity contribution in [2.24, 2.45) is 0 Å². The van der Waals surface area contributed by atoms with Gasteiger partial charge in [-0.1, -0.05) is 6.07 Å². The molecule has 0 aliphatic rings. The largest absolute Gasteiger partial charge is 0.398 e. The number of aryl methyl sites for hydroxylation is 2. The van der Waals surface area contributed by atoms with Gasteiger partial charge < -0.3 is 5.73 Å². The predicted molar refractivity (Wildman–Crippen MR) is 83.3 cm³/mol. The molecule has 0 saturated carbocycles. The van der Waals surface area contributed by atoms with Gasteiger partial charge in [-0.2, -0.15) is 11.8 Å². The fourth-order valence-corrected chi connectivity index (χ4v) is 4.25. The van der Waals surface area contributed by atoms with Crippen LogP contribution in [0.1, 0.15) is 16.7 Å². The SMILES string of the molecule is CSCCN(C)S(=O)(=O)c1c(C)cc(C)c(N)c1C. The van der Waals surface area contributed by atoms with Crippen LogP contribution >= 0.6 is 11.8 Å². The van der Waals surface area contributed by atoms with Crippen LogP contribution in [0.4, 0.5) is 5.69 Å². The van der Waals surface area contributed by atoms with Gasteiger partial charge in [0.1, 0.15) is 0 Å². The highest BCUT2D eigenvalue weighted by Crippen LogP contribution is 2.29. The van der Waals surface area contributed by atoms with E-state index in [9.17, 15) is 8.42 Å². The second-order valence-corrected chi connectivity index (χ2v) is 7.66. The van der Waals surface area contributed by atoms with E-state index < -0.39 is 10.0 Å². The van der Waals surface area contributed by atoms with E-state index in [1.165, 1.54) is 4.31 Å². The summed E-state index contributed by atoms with van der Waals surface area (Å²) in [5, 5.41) is 0. The number of nitrogen functional groups attached to an aromatic ring is 1. The molecule has 0 radical (unpaired) electrons. The summed E-state index contributed by atoms with van der Waals surface area (Å²) in [4.78, 5) is 0.346. The lowest BCUT2D eigenvalue weighted by molar-refractivity contribution is 0.487. The van der Waals surface area contributed by atoms with Crippen LogP contribution in [0.25, 0.3) is 0 Å². The molecule has 1 rings (SSSR count). The first-order chi connectivity index (χ1) is 8.73. The highest BCUT2D eigenvalue weighted by Gasteiger charge is 2.26. The van der Waals surface area contributed by atoms with Crippen molar-refractivity contribution in [3.05, 3.63) is 22.8 Å². The molecule has 1 aromatic rings. The summed E-state index contributed by atoms with van der Waals surface area (Å²) in [6.45, 7) is 5.97. The molecule has 19 heavy (non-hydrogen) atoms. The average molecular weight is 302 g/mol. The van der Waals surface area contributed by atoms with Crippen molar-refractivity contribution in [1.82, 2.24) is 4.31 Å². The Kier molecular flexibility index (Phi) is 5.29. The van der Waals surface area contributed by atoms with Gasteiger partial charge in [-0.05, 0) is 43.7 Å². The van der Waals surface area contributed by atoms with Gasteiger partial charge in [0.25, 0.3) is 0 Å². The first-order valence-corrected chi connectivity index (χ1v) is 8.88.